The zero-order valence-electron chi connectivity index (χ0n) is 13.5. The molecule has 1 saturated heterocycles. The fourth-order valence-electron chi connectivity index (χ4n) is 2.82. The van der Waals surface area contributed by atoms with E-state index in [1.807, 2.05) is 24.3 Å². The summed E-state index contributed by atoms with van der Waals surface area (Å²) in [5.74, 6) is -0.0618. The standard InChI is InChI=1S/C17H20ClN3O3/c1-12-10-16(24-20-12)17(22)19-11-15(21-6-8-23-9-7-21)13-4-2-3-5-14(13)18/h2-5,10,15H,6-9,11H2,1H3,(H,19,22)/t15-/m0/s1. The van der Waals surface area contributed by atoms with E-state index in [9.17, 15) is 4.79 Å². The summed E-state index contributed by atoms with van der Waals surface area (Å²) in [7, 11) is 0. The second kappa shape index (κ2) is 7.79. The van der Waals surface area contributed by atoms with Crippen molar-refractivity contribution >= 4 is 17.5 Å². The highest BCUT2D eigenvalue weighted by Crippen LogP contribution is 2.27. The van der Waals surface area contributed by atoms with Gasteiger partial charge in [0.15, 0.2) is 0 Å². The lowest BCUT2D eigenvalue weighted by Crippen LogP contribution is -2.43. The maximum Gasteiger partial charge on any atom is 0.289 e. The van der Waals surface area contributed by atoms with Gasteiger partial charge in [-0.2, -0.15) is 0 Å². The number of carbonyl (C=O) groups excluding carboxylic acids is 1. The molecule has 2 aromatic rings. The van der Waals surface area contributed by atoms with E-state index in [1.165, 1.54) is 0 Å². The molecule has 1 aromatic carbocycles. The SMILES string of the molecule is Cc1cc(C(=O)NC[C@@H](c2ccccc2Cl)N2CCOCC2)on1. The number of amides is 1. The van der Waals surface area contributed by atoms with E-state index in [1.54, 1.807) is 13.0 Å². The predicted octanol–water partition coefficient (Wildman–Crippen LogP) is 2.44. The number of morpholine rings is 1. The van der Waals surface area contributed by atoms with Crippen LogP contribution < -0.4 is 5.32 Å². The lowest BCUT2D eigenvalue weighted by Gasteiger charge is -2.35. The Labute approximate surface area is 145 Å². The summed E-state index contributed by atoms with van der Waals surface area (Å²) in [5, 5.41) is 7.36. The Balaban J connectivity index is 1.74. The first-order chi connectivity index (χ1) is 11.6. The van der Waals surface area contributed by atoms with Crippen LogP contribution in [0, 0.1) is 6.92 Å². The van der Waals surface area contributed by atoms with Crippen LogP contribution in [-0.4, -0.2) is 48.8 Å². The van der Waals surface area contributed by atoms with Crippen LogP contribution in [0.3, 0.4) is 0 Å². The highest BCUT2D eigenvalue weighted by molar-refractivity contribution is 6.31. The molecule has 7 heteroatoms. The highest BCUT2D eigenvalue weighted by atomic mass is 35.5. The number of aromatic nitrogens is 1. The predicted molar refractivity (Wildman–Crippen MR) is 90.2 cm³/mol. The molecule has 1 aromatic heterocycles. The van der Waals surface area contributed by atoms with E-state index < -0.39 is 0 Å². The van der Waals surface area contributed by atoms with Gasteiger partial charge >= 0.3 is 0 Å². The van der Waals surface area contributed by atoms with Crippen molar-refractivity contribution in [2.24, 2.45) is 0 Å². The molecule has 1 atom stereocenters. The van der Waals surface area contributed by atoms with Crippen molar-refractivity contribution in [2.45, 2.75) is 13.0 Å². The summed E-state index contributed by atoms with van der Waals surface area (Å²) >= 11 is 6.37. The van der Waals surface area contributed by atoms with Crippen molar-refractivity contribution in [2.75, 3.05) is 32.8 Å². The van der Waals surface area contributed by atoms with Crippen LogP contribution in [0.25, 0.3) is 0 Å². The normalized spacial score (nSPS) is 16.8. The van der Waals surface area contributed by atoms with Crippen molar-refractivity contribution in [1.82, 2.24) is 15.4 Å². The van der Waals surface area contributed by atoms with E-state index in [2.05, 4.69) is 15.4 Å². The molecule has 2 heterocycles. The number of hydrogen-bond donors (Lipinski definition) is 1. The number of rotatable bonds is 5. The van der Waals surface area contributed by atoms with Gasteiger partial charge in [-0.3, -0.25) is 9.69 Å². The van der Waals surface area contributed by atoms with Gasteiger partial charge in [-0.1, -0.05) is 35.0 Å². The first-order valence-corrected chi connectivity index (χ1v) is 8.30. The van der Waals surface area contributed by atoms with Gasteiger partial charge in [0.1, 0.15) is 0 Å². The number of nitrogens with zero attached hydrogens (tertiary/aromatic N) is 2. The number of carbonyl (C=O) groups is 1. The lowest BCUT2D eigenvalue weighted by atomic mass is 10.0. The lowest BCUT2D eigenvalue weighted by molar-refractivity contribution is 0.0161. The Hall–Kier alpha value is -1.89. The smallest absolute Gasteiger partial charge is 0.289 e. The summed E-state index contributed by atoms with van der Waals surface area (Å²) in [5.41, 5.74) is 1.67. The average molecular weight is 350 g/mol. The molecule has 1 aliphatic heterocycles. The first kappa shape index (κ1) is 17.0. The second-order valence-electron chi connectivity index (χ2n) is 5.73. The minimum atomic E-state index is -0.277. The summed E-state index contributed by atoms with van der Waals surface area (Å²) in [6.45, 7) is 5.16. The molecule has 0 radical (unpaired) electrons. The number of aryl methyl sites for hydroxylation is 1. The number of benzene rings is 1. The average Bonchev–Trinajstić information content (AvgIpc) is 3.04. The molecule has 128 valence electrons. The van der Waals surface area contributed by atoms with Crippen molar-refractivity contribution in [3.63, 3.8) is 0 Å². The summed E-state index contributed by atoms with van der Waals surface area (Å²) in [6, 6.07) is 9.32. The molecule has 1 N–H and O–H groups in total. The molecule has 3 rings (SSSR count). The van der Waals surface area contributed by atoms with Gasteiger partial charge in [0.25, 0.3) is 5.91 Å². The minimum Gasteiger partial charge on any atom is -0.379 e. The molecule has 0 unspecified atom stereocenters. The van der Waals surface area contributed by atoms with Crippen LogP contribution in [0.15, 0.2) is 34.9 Å². The van der Waals surface area contributed by atoms with Crippen molar-refractivity contribution in [3.8, 4) is 0 Å². The fraction of sp³-hybridized carbons (Fsp3) is 0.412. The van der Waals surface area contributed by atoms with E-state index in [0.717, 1.165) is 18.7 Å². The third kappa shape index (κ3) is 3.95. The number of nitrogens with one attached hydrogen (secondary N) is 1. The molecule has 0 bridgehead atoms. The monoisotopic (exact) mass is 349 g/mol. The van der Waals surface area contributed by atoms with E-state index >= 15 is 0 Å². The molecule has 0 spiro atoms. The summed E-state index contributed by atoms with van der Waals surface area (Å²) in [4.78, 5) is 14.5. The van der Waals surface area contributed by atoms with Crippen LogP contribution in [0.4, 0.5) is 0 Å². The van der Waals surface area contributed by atoms with Crippen LogP contribution in [0.2, 0.25) is 5.02 Å². The zero-order chi connectivity index (χ0) is 16.9. The molecule has 0 aliphatic carbocycles. The maximum atomic E-state index is 12.2. The zero-order valence-corrected chi connectivity index (χ0v) is 14.3. The van der Waals surface area contributed by atoms with Crippen LogP contribution in [-0.2, 0) is 4.74 Å². The molecule has 6 nitrogen and oxygen atoms in total. The first-order valence-electron chi connectivity index (χ1n) is 7.93. The van der Waals surface area contributed by atoms with Crippen molar-refractivity contribution in [3.05, 3.63) is 52.4 Å². The molecular formula is C17H20ClN3O3. The van der Waals surface area contributed by atoms with E-state index in [-0.39, 0.29) is 17.7 Å². The largest absolute Gasteiger partial charge is 0.379 e. The summed E-state index contributed by atoms with van der Waals surface area (Å²) < 4.78 is 10.4. The van der Waals surface area contributed by atoms with Gasteiger partial charge in [-0.05, 0) is 18.6 Å². The fourth-order valence-corrected chi connectivity index (χ4v) is 3.08. The Morgan fingerprint density at radius 1 is 1.38 bits per heavy atom. The van der Waals surface area contributed by atoms with E-state index in [4.69, 9.17) is 20.9 Å². The van der Waals surface area contributed by atoms with Crippen LogP contribution in [0.5, 0.6) is 0 Å². The molecule has 1 amide bonds. The third-order valence-corrected chi connectivity index (χ3v) is 4.40. The Kier molecular flexibility index (Phi) is 5.50. The molecule has 1 aliphatic rings. The Morgan fingerprint density at radius 2 is 2.12 bits per heavy atom. The van der Waals surface area contributed by atoms with Gasteiger partial charge in [0.05, 0.1) is 24.9 Å². The Bertz CT molecular complexity index is 698. The van der Waals surface area contributed by atoms with Crippen molar-refractivity contribution < 1.29 is 14.1 Å². The molecule has 24 heavy (non-hydrogen) atoms. The molecule has 0 saturated carbocycles. The number of ether oxygens (including phenoxy) is 1. The van der Waals surface area contributed by atoms with Crippen LogP contribution in [0.1, 0.15) is 27.9 Å². The third-order valence-electron chi connectivity index (χ3n) is 4.06. The quantitative estimate of drug-likeness (QED) is 0.898. The topological polar surface area (TPSA) is 67.6 Å². The number of hydrogen-bond acceptors (Lipinski definition) is 5. The van der Waals surface area contributed by atoms with Gasteiger partial charge < -0.3 is 14.6 Å². The van der Waals surface area contributed by atoms with E-state index in [0.29, 0.717) is 30.5 Å². The van der Waals surface area contributed by atoms with Gasteiger partial charge in [0.2, 0.25) is 5.76 Å². The molecule has 1 fully saturated rings. The summed E-state index contributed by atoms with van der Waals surface area (Å²) in [6.07, 6.45) is 0. The van der Waals surface area contributed by atoms with Gasteiger partial charge in [-0.25, -0.2) is 0 Å². The maximum absolute atomic E-state index is 12.2. The minimum absolute atomic E-state index is 0.0180. The van der Waals surface area contributed by atoms with Gasteiger partial charge in [0, 0.05) is 30.7 Å². The highest BCUT2D eigenvalue weighted by Gasteiger charge is 2.25. The van der Waals surface area contributed by atoms with Gasteiger partial charge in [-0.15, -0.1) is 0 Å². The van der Waals surface area contributed by atoms with Crippen molar-refractivity contribution in [1.29, 1.82) is 0 Å². The molecular weight excluding hydrogens is 330 g/mol. The number of halogens is 1. The second-order valence-corrected chi connectivity index (χ2v) is 6.14. The Morgan fingerprint density at radius 3 is 2.79 bits per heavy atom. The van der Waals surface area contributed by atoms with Crippen LogP contribution >= 0.6 is 11.6 Å².